The number of nitrogens with one attached hydrogen (secondary N) is 1. The van der Waals surface area contributed by atoms with E-state index in [0.717, 1.165) is 5.56 Å². The van der Waals surface area contributed by atoms with Gasteiger partial charge in [-0.3, -0.25) is 14.3 Å². The van der Waals surface area contributed by atoms with Gasteiger partial charge in [0.25, 0.3) is 0 Å². The number of nitrogens with zero attached hydrogens (tertiary/aromatic N) is 1. The van der Waals surface area contributed by atoms with Crippen LogP contribution in [0, 0.1) is 5.82 Å². The van der Waals surface area contributed by atoms with Crippen LogP contribution in [0.1, 0.15) is 25.1 Å². The standard InChI is InChI=1S/C14H19FN2O2S/c1-3-12-14(18)17(8-9-20(2)19)13(16-12)10-4-6-11(15)7-5-10/h4-7,12-13,16H,3,8-9H2,1-2H3. The number of benzene rings is 1. The number of rotatable bonds is 5. The molecule has 0 saturated carbocycles. The minimum Gasteiger partial charge on any atom is -0.321 e. The summed E-state index contributed by atoms with van der Waals surface area (Å²) in [5.74, 6) is 0.167. The topological polar surface area (TPSA) is 49.4 Å². The van der Waals surface area contributed by atoms with Gasteiger partial charge in [-0.25, -0.2) is 4.39 Å². The second-order valence-corrected chi connectivity index (χ2v) is 6.45. The molecule has 0 aromatic heterocycles. The first-order valence-corrected chi connectivity index (χ1v) is 8.37. The van der Waals surface area contributed by atoms with E-state index in [1.807, 2.05) is 6.92 Å². The van der Waals surface area contributed by atoms with E-state index >= 15 is 0 Å². The van der Waals surface area contributed by atoms with E-state index in [0.29, 0.717) is 18.7 Å². The summed E-state index contributed by atoms with van der Waals surface area (Å²) in [6, 6.07) is 5.89. The lowest BCUT2D eigenvalue weighted by Crippen LogP contribution is -2.34. The minimum absolute atomic E-state index is 0.0206. The second kappa shape index (κ2) is 6.45. The highest BCUT2D eigenvalue weighted by molar-refractivity contribution is 7.84. The molecule has 0 aliphatic carbocycles. The highest BCUT2D eigenvalue weighted by atomic mass is 32.2. The Labute approximate surface area is 120 Å². The molecule has 1 aromatic carbocycles. The Kier molecular flexibility index (Phi) is 4.88. The van der Waals surface area contributed by atoms with E-state index in [-0.39, 0.29) is 23.9 Å². The Hall–Kier alpha value is -1.27. The van der Waals surface area contributed by atoms with Crippen molar-refractivity contribution in [1.29, 1.82) is 0 Å². The van der Waals surface area contributed by atoms with Gasteiger partial charge in [0, 0.05) is 29.4 Å². The van der Waals surface area contributed by atoms with Crippen LogP contribution in [-0.2, 0) is 15.6 Å². The van der Waals surface area contributed by atoms with Crippen molar-refractivity contribution in [2.45, 2.75) is 25.6 Å². The van der Waals surface area contributed by atoms with Crippen molar-refractivity contribution in [3.8, 4) is 0 Å². The molecule has 1 N–H and O–H groups in total. The molecule has 1 fully saturated rings. The fraction of sp³-hybridized carbons (Fsp3) is 0.500. The summed E-state index contributed by atoms with van der Waals surface area (Å²) in [5, 5.41) is 3.25. The second-order valence-electron chi connectivity index (χ2n) is 4.89. The Morgan fingerprint density at radius 3 is 2.55 bits per heavy atom. The van der Waals surface area contributed by atoms with Crippen LogP contribution in [0.25, 0.3) is 0 Å². The zero-order chi connectivity index (χ0) is 14.7. The third-order valence-corrected chi connectivity index (χ3v) is 4.22. The van der Waals surface area contributed by atoms with Gasteiger partial charge in [0.1, 0.15) is 12.0 Å². The van der Waals surface area contributed by atoms with E-state index in [9.17, 15) is 13.4 Å². The molecule has 1 heterocycles. The summed E-state index contributed by atoms with van der Waals surface area (Å²) in [6.45, 7) is 2.38. The lowest BCUT2D eigenvalue weighted by atomic mass is 10.1. The molecule has 6 heteroatoms. The fourth-order valence-corrected chi connectivity index (χ4v) is 2.81. The first-order valence-electron chi connectivity index (χ1n) is 6.65. The Morgan fingerprint density at radius 2 is 2.00 bits per heavy atom. The van der Waals surface area contributed by atoms with E-state index < -0.39 is 10.8 Å². The monoisotopic (exact) mass is 298 g/mol. The van der Waals surface area contributed by atoms with Gasteiger partial charge in [-0.15, -0.1) is 0 Å². The fourth-order valence-electron chi connectivity index (χ4n) is 2.36. The molecular formula is C14H19FN2O2S. The SMILES string of the molecule is CCC1NC(c2ccc(F)cc2)N(CCS(C)=O)C1=O. The molecule has 3 atom stereocenters. The normalized spacial score (nSPS) is 24.1. The van der Waals surface area contributed by atoms with Crippen LogP contribution in [0.2, 0.25) is 0 Å². The summed E-state index contributed by atoms with van der Waals surface area (Å²) < 4.78 is 24.3. The zero-order valence-corrected chi connectivity index (χ0v) is 12.5. The van der Waals surface area contributed by atoms with Gasteiger partial charge in [0.15, 0.2) is 0 Å². The number of carbonyl (C=O) groups excluding carboxylic acids is 1. The van der Waals surface area contributed by atoms with Gasteiger partial charge in [0.2, 0.25) is 5.91 Å². The smallest absolute Gasteiger partial charge is 0.241 e. The number of hydrogen-bond acceptors (Lipinski definition) is 3. The maximum Gasteiger partial charge on any atom is 0.241 e. The number of amides is 1. The Balaban J connectivity index is 2.21. The van der Waals surface area contributed by atoms with Crippen molar-refractivity contribution in [2.75, 3.05) is 18.6 Å². The summed E-state index contributed by atoms with van der Waals surface area (Å²) in [5.41, 5.74) is 0.845. The highest BCUT2D eigenvalue weighted by Gasteiger charge is 2.38. The van der Waals surface area contributed by atoms with Crippen LogP contribution in [0.4, 0.5) is 4.39 Å². The summed E-state index contributed by atoms with van der Waals surface area (Å²) >= 11 is 0. The zero-order valence-electron chi connectivity index (χ0n) is 11.6. The summed E-state index contributed by atoms with van der Waals surface area (Å²) in [6.07, 6.45) is 2.05. The van der Waals surface area contributed by atoms with Crippen molar-refractivity contribution < 1.29 is 13.4 Å². The molecule has 0 bridgehead atoms. The molecule has 1 aliphatic rings. The third kappa shape index (κ3) is 3.24. The maximum absolute atomic E-state index is 13.0. The van der Waals surface area contributed by atoms with Crippen LogP contribution in [0.3, 0.4) is 0 Å². The van der Waals surface area contributed by atoms with Gasteiger partial charge in [0.05, 0.1) is 6.04 Å². The molecule has 0 radical (unpaired) electrons. The molecule has 3 unspecified atom stereocenters. The molecule has 4 nitrogen and oxygen atoms in total. The van der Waals surface area contributed by atoms with Crippen molar-refractivity contribution in [3.05, 3.63) is 35.6 Å². The van der Waals surface area contributed by atoms with Gasteiger partial charge in [-0.05, 0) is 24.1 Å². The van der Waals surface area contributed by atoms with Crippen LogP contribution in [0.5, 0.6) is 0 Å². The van der Waals surface area contributed by atoms with Crippen LogP contribution in [0.15, 0.2) is 24.3 Å². The highest BCUT2D eigenvalue weighted by Crippen LogP contribution is 2.26. The third-order valence-electron chi connectivity index (χ3n) is 3.47. The van der Waals surface area contributed by atoms with Crippen molar-refractivity contribution in [3.63, 3.8) is 0 Å². The quantitative estimate of drug-likeness (QED) is 0.894. The number of hydrogen-bond donors (Lipinski definition) is 1. The molecule has 0 spiro atoms. The van der Waals surface area contributed by atoms with E-state index in [4.69, 9.17) is 0 Å². The molecule has 2 rings (SSSR count). The average Bonchev–Trinajstić information content (AvgIpc) is 2.74. The predicted octanol–water partition coefficient (Wildman–Crippen LogP) is 1.41. The molecule has 1 aliphatic heterocycles. The van der Waals surface area contributed by atoms with Gasteiger partial charge in [-0.2, -0.15) is 0 Å². The minimum atomic E-state index is -0.946. The van der Waals surface area contributed by atoms with Crippen LogP contribution < -0.4 is 5.32 Å². The van der Waals surface area contributed by atoms with Gasteiger partial charge < -0.3 is 4.90 Å². The van der Waals surface area contributed by atoms with Gasteiger partial charge in [-0.1, -0.05) is 19.1 Å². The Morgan fingerprint density at radius 1 is 1.35 bits per heavy atom. The molecule has 110 valence electrons. The molecular weight excluding hydrogens is 279 g/mol. The van der Waals surface area contributed by atoms with Crippen LogP contribution >= 0.6 is 0 Å². The Bertz CT molecular complexity index is 506. The molecule has 20 heavy (non-hydrogen) atoms. The summed E-state index contributed by atoms with van der Waals surface area (Å²) in [4.78, 5) is 14.0. The number of halogens is 1. The van der Waals surface area contributed by atoms with Crippen molar-refractivity contribution >= 4 is 16.7 Å². The molecule has 1 amide bonds. The lowest BCUT2D eigenvalue weighted by Gasteiger charge is -2.24. The maximum atomic E-state index is 13.0. The summed E-state index contributed by atoms with van der Waals surface area (Å²) in [7, 11) is -0.946. The first kappa shape index (κ1) is 15.1. The lowest BCUT2D eigenvalue weighted by molar-refractivity contribution is -0.129. The van der Waals surface area contributed by atoms with E-state index in [1.165, 1.54) is 12.1 Å². The first-order chi connectivity index (χ1) is 9.52. The van der Waals surface area contributed by atoms with Gasteiger partial charge >= 0.3 is 0 Å². The largest absolute Gasteiger partial charge is 0.321 e. The van der Waals surface area contributed by atoms with Crippen molar-refractivity contribution in [1.82, 2.24) is 10.2 Å². The molecule has 1 aromatic rings. The van der Waals surface area contributed by atoms with E-state index in [2.05, 4.69) is 5.32 Å². The van der Waals surface area contributed by atoms with E-state index in [1.54, 1.807) is 23.3 Å². The predicted molar refractivity (Wildman–Crippen MR) is 77.0 cm³/mol. The van der Waals surface area contributed by atoms with Crippen molar-refractivity contribution in [2.24, 2.45) is 0 Å². The average molecular weight is 298 g/mol. The number of carbonyl (C=O) groups is 1. The molecule has 1 saturated heterocycles. The van der Waals surface area contributed by atoms with Crippen LogP contribution in [-0.4, -0.2) is 39.6 Å².